The summed E-state index contributed by atoms with van der Waals surface area (Å²) < 4.78 is 57.6. The summed E-state index contributed by atoms with van der Waals surface area (Å²) in [4.78, 5) is 25.5. The third-order valence-corrected chi connectivity index (χ3v) is 6.25. The highest BCUT2D eigenvalue weighted by Gasteiger charge is 2.40. The highest BCUT2D eigenvalue weighted by Crippen LogP contribution is 2.39. The van der Waals surface area contributed by atoms with E-state index in [9.17, 15) is 22.8 Å². The van der Waals surface area contributed by atoms with Gasteiger partial charge >= 0.3 is 12.1 Å². The van der Waals surface area contributed by atoms with Crippen LogP contribution in [0.1, 0.15) is 36.7 Å². The van der Waals surface area contributed by atoms with Gasteiger partial charge in [0.05, 0.1) is 5.39 Å². The third-order valence-electron chi connectivity index (χ3n) is 6.25. The molecule has 0 saturated carbocycles. The summed E-state index contributed by atoms with van der Waals surface area (Å²) in [5.74, 6) is -2.99. The van der Waals surface area contributed by atoms with Crippen LogP contribution in [-0.4, -0.2) is 5.97 Å². The maximum atomic E-state index is 13.9. The van der Waals surface area contributed by atoms with Gasteiger partial charge in [0.15, 0.2) is 0 Å². The van der Waals surface area contributed by atoms with Gasteiger partial charge in [-0.25, -0.2) is 4.79 Å². The van der Waals surface area contributed by atoms with Crippen LogP contribution in [0.5, 0.6) is 17.2 Å². The first-order valence-electron chi connectivity index (χ1n) is 12.4. The Balaban J connectivity index is 1.43. The molecule has 5 nitrogen and oxygen atoms in total. The number of fused-ring (bicyclic) bond motifs is 2. The number of rotatable bonds is 6. The first-order valence-corrected chi connectivity index (χ1v) is 12.4. The zero-order chi connectivity index (χ0) is 28.4. The van der Waals surface area contributed by atoms with E-state index in [4.69, 9.17) is 13.9 Å². The van der Waals surface area contributed by atoms with E-state index in [2.05, 4.69) is 13.8 Å². The van der Waals surface area contributed by atoms with E-state index in [0.29, 0.717) is 5.92 Å². The molecule has 0 atom stereocenters. The summed E-state index contributed by atoms with van der Waals surface area (Å²) in [6.07, 6.45) is -2.27. The average Bonchev–Trinajstić information content (AvgIpc) is 2.93. The predicted molar refractivity (Wildman–Crippen MR) is 147 cm³/mol. The number of benzene rings is 4. The summed E-state index contributed by atoms with van der Waals surface area (Å²) >= 11 is 0. The smallest absolute Gasteiger partial charge is 0.449 e. The Morgan fingerprint density at radius 1 is 0.875 bits per heavy atom. The highest BCUT2D eigenvalue weighted by atomic mass is 19.4. The van der Waals surface area contributed by atoms with Gasteiger partial charge in [-0.3, -0.25) is 4.79 Å². The Kier molecular flexibility index (Phi) is 7.17. The standard InChI is InChI=1S/C32H23F3O5/c1-19(2)21-10-7-20(8-11-21)9-16-28(36)38-25-14-15-26-27(18-25)40-31(32(33,34)35)30(29(26)37)39-24-13-12-22-5-3-4-6-23(22)17-24/h3-19H,1-2H3. The van der Waals surface area contributed by atoms with Crippen LogP contribution in [0, 0.1) is 0 Å². The Hall–Kier alpha value is -4.85. The van der Waals surface area contributed by atoms with Crippen molar-refractivity contribution in [1.82, 2.24) is 0 Å². The SMILES string of the molecule is CC(C)c1ccc(C=CC(=O)Oc2ccc3c(=O)c(Oc4ccc5ccccc5c4)c(C(F)(F)F)oc3c2)cc1. The van der Waals surface area contributed by atoms with Gasteiger partial charge in [0, 0.05) is 12.1 Å². The van der Waals surface area contributed by atoms with Gasteiger partial charge in [-0.15, -0.1) is 0 Å². The number of carbonyl (C=O) groups excluding carboxylic acids is 1. The molecule has 0 amide bonds. The molecule has 4 aromatic carbocycles. The number of halogens is 3. The van der Waals surface area contributed by atoms with Crippen LogP contribution in [0.3, 0.4) is 0 Å². The summed E-state index contributed by atoms with van der Waals surface area (Å²) in [6, 6.07) is 23.1. The van der Waals surface area contributed by atoms with Crippen molar-refractivity contribution in [2.45, 2.75) is 25.9 Å². The van der Waals surface area contributed by atoms with Crippen molar-refractivity contribution in [3.63, 3.8) is 0 Å². The number of hydrogen-bond donors (Lipinski definition) is 0. The zero-order valence-electron chi connectivity index (χ0n) is 21.5. The zero-order valence-corrected chi connectivity index (χ0v) is 21.5. The van der Waals surface area contributed by atoms with Gasteiger partial charge in [0.2, 0.25) is 11.2 Å². The van der Waals surface area contributed by atoms with E-state index >= 15 is 0 Å². The number of hydrogen-bond acceptors (Lipinski definition) is 5. The Morgan fingerprint density at radius 2 is 1.57 bits per heavy atom. The molecule has 0 bridgehead atoms. The molecule has 0 aliphatic rings. The molecule has 0 aliphatic carbocycles. The van der Waals surface area contributed by atoms with Crippen molar-refractivity contribution >= 4 is 33.8 Å². The van der Waals surface area contributed by atoms with Crippen LogP contribution < -0.4 is 14.9 Å². The molecule has 40 heavy (non-hydrogen) atoms. The molecule has 0 radical (unpaired) electrons. The minimum atomic E-state index is -5.03. The van der Waals surface area contributed by atoms with Crippen LogP contribution in [0.4, 0.5) is 13.2 Å². The number of carbonyl (C=O) groups is 1. The minimum absolute atomic E-state index is 0.0482. The monoisotopic (exact) mass is 544 g/mol. The molecule has 0 saturated heterocycles. The molecule has 1 aromatic heterocycles. The number of ether oxygens (including phenoxy) is 2. The fraction of sp³-hybridized carbons (Fsp3) is 0.125. The van der Waals surface area contributed by atoms with E-state index in [1.54, 1.807) is 24.3 Å². The lowest BCUT2D eigenvalue weighted by atomic mass is 10.0. The van der Waals surface area contributed by atoms with Crippen molar-refractivity contribution < 1.29 is 31.9 Å². The second-order valence-corrected chi connectivity index (χ2v) is 9.43. The molecule has 8 heteroatoms. The first kappa shape index (κ1) is 26.7. The van der Waals surface area contributed by atoms with E-state index in [1.807, 2.05) is 36.4 Å². The lowest BCUT2D eigenvalue weighted by molar-refractivity contribution is -0.154. The molecule has 0 unspecified atom stereocenters. The Labute approximate surface area is 227 Å². The van der Waals surface area contributed by atoms with Crippen LogP contribution in [0.2, 0.25) is 0 Å². The number of alkyl halides is 3. The van der Waals surface area contributed by atoms with Crippen molar-refractivity contribution in [2.75, 3.05) is 0 Å². The molecule has 0 aliphatic heterocycles. The molecule has 0 spiro atoms. The predicted octanol–water partition coefficient (Wildman–Crippen LogP) is 8.50. The molecular formula is C32H23F3O5. The fourth-order valence-electron chi connectivity index (χ4n) is 4.15. The lowest BCUT2D eigenvalue weighted by Crippen LogP contribution is -2.15. The van der Waals surface area contributed by atoms with Crippen LogP contribution in [0.15, 0.2) is 100 Å². The van der Waals surface area contributed by atoms with E-state index in [0.717, 1.165) is 28.0 Å². The van der Waals surface area contributed by atoms with Crippen molar-refractivity contribution in [2.24, 2.45) is 0 Å². The Morgan fingerprint density at radius 3 is 2.27 bits per heavy atom. The second kappa shape index (κ2) is 10.7. The molecule has 5 aromatic rings. The third kappa shape index (κ3) is 5.76. The molecule has 202 valence electrons. The number of esters is 1. The lowest BCUT2D eigenvalue weighted by Gasteiger charge is -2.14. The van der Waals surface area contributed by atoms with Gasteiger partial charge in [0.25, 0.3) is 5.76 Å². The fourth-order valence-corrected chi connectivity index (χ4v) is 4.15. The van der Waals surface area contributed by atoms with E-state index in [1.165, 1.54) is 30.3 Å². The summed E-state index contributed by atoms with van der Waals surface area (Å²) in [6.45, 7) is 4.15. The first-order chi connectivity index (χ1) is 19.1. The maximum absolute atomic E-state index is 13.9. The molecular weight excluding hydrogens is 521 g/mol. The largest absolute Gasteiger partial charge is 0.453 e. The van der Waals surface area contributed by atoms with Crippen LogP contribution in [-0.2, 0) is 11.0 Å². The normalized spacial score (nSPS) is 11.9. The minimum Gasteiger partial charge on any atom is -0.449 e. The van der Waals surface area contributed by atoms with Crippen LogP contribution in [0.25, 0.3) is 27.8 Å². The molecule has 0 fully saturated rings. The highest BCUT2D eigenvalue weighted by molar-refractivity contribution is 5.89. The van der Waals surface area contributed by atoms with Crippen molar-refractivity contribution in [3.8, 4) is 17.2 Å². The molecule has 1 heterocycles. The van der Waals surface area contributed by atoms with Gasteiger partial charge in [-0.2, -0.15) is 13.2 Å². The van der Waals surface area contributed by atoms with Gasteiger partial charge < -0.3 is 13.9 Å². The summed E-state index contributed by atoms with van der Waals surface area (Å²) in [5.41, 5.74) is 0.521. The van der Waals surface area contributed by atoms with Crippen molar-refractivity contribution in [1.29, 1.82) is 0 Å². The van der Waals surface area contributed by atoms with Crippen LogP contribution >= 0.6 is 0 Å². The van der Waals surface area contributed by atoms with Gasteiger partial charge in [-0.05, 0) is 58.2 Å². The second-order valence-electron chi connectivity index (χ2n) is 9.43. The van der Waals surface area contributed by atoms with Gasteiger partial charge in [-0.1, -0.05) is 68.4 Å². The molecule has 0 N–H and O–H groups in total. The van der Waals surface area contributed by atoms with E-state index in [-0.39, 0.29) is 16.9 Å². The topological polar surface area (TPSA) is 65.7 Å². The Bertz CT molecular complexity index is 1800. The maximum Gasteiger partial charge on any atom is 0.453 e. The summed E-state index contributed by atoms with van der Waals surface area (Å²) in [7, 11) is 0. The molecule has 5 rings (SSSR count). The van der Waals surface area contributed by atoms with Gasteiger partial charge in [0.1, 0.15) is 17.1 Å². The van der Waals surface area contributed by atoms with E-state index < -0.39 is 34.7 Å². The summed E-state index contributed by atoms with van der Waals surface area (Å²) in [5, 5.41) is 1.42. The average molecular weight is 545 g/mol. The van der Waals surface area contributed by atoms with Crippen molar-refractivity contribution in [3.05, 3.63) is 118 Å². The quantitative estimate of drug-likeness (QED) is 0.122.